The van der Waals surface area contributed by atoms with E-state index >= 15 is 0 Å². The van der Waals surface area contributed by atoms with Gasteiger partial charge < -0.3 is 16.2 Å². The monoisotopic (exact) mass is 463 g/mol. The minimum atomic E-state index is -0.494. The zero-order valence-corrected chi connectivity index (χ0v) is 19.1. The average molecular weight is 464 g/mol. The molecule has 7 nitrogen and oxygen atoms in total. The second-order valence-electron chi connectivity index (χ2n) is 8.43. The maximum Gasteiger partial charge on any atom is 0.249 e. The maximum absolute atomic E-state index is 11.9. The number of nitrogens with two attached hydrogens (primary N) is 2. The van der Waals surface area contributed by atoms with E-state index in [0.29, 0.717) is 34.3 Å². The molecule has 0 bridgehead atoms. The summed E-state index contributed by atoms with van der Waals surface area (Å²) in [6.07, 6.45) is 7.61. The molecule has 1 aliphatic carbocycles. The number of fused-ring (bicyclic) bond motifs is 1. The molecule has 0 spiro atoms. The molecule has 2 aromatic heterocycles. The third-order valence-corrected chi connectivity index (χ3v) is 5.83. The Balaban J connectivity index is 1.36. The van der Waals surface area contributed by atoms with E-state index < -0.39 is 5.91 Å². The van der Waals surface area contributed by atoms with E-state index in [2.05, 4.69) is 15.0 Å². The summed E-state index contributed by atoms with van der Waals surface area (Å²) in [6.45, 7) is 0.200. The van der Waals surface area contributed by atoms with Gasteiger partial charge in [0.05, 0.1) is 22.8 Å². The first-order valence-electron chi connectivity index (χ1n) is 11.4. The maximum atomic E-state index is 11.9. The van der Waals surface area contributed by atoms with Crippen molar-refractivity contribution in [2.75, 3.05) is 0 Å². The number of ether oxygens (including phenoxy) is 1. The highest BCUT2D eigenvalue weighted by molar-refractivity contribution is 6.18. The number of para-hydroxylation sites is 1. The number of benzene rings is 2. The summed E-state index contributed by atoms with van der Waals surface area (Å²) >= 11 is 0. The van der Waals surface area contributed by atoms with E-state index in [1.165, 1.54) is 0 Å². The number of nitrogens with zero attached hydrogens (tertiary/aromatic N) is 3. The number of amides is 1. The van der Waals surface area contributed by atoms with Gasteiger partial charge in [0.1, 0.15) is 12.4 Å². The first kappa shape index (κ1) is 22.3. The number of hydrogen-bond acceptors (Lipinski definition) is 6. The average Bonchev–Trinajstić information content (AvgIpc) is 3.72. The van der Waals surface area contributed by atoms with E-state index in [4.69, 9.17) is 16.2 Å². The van der Waals surface area contributed by atoms with Crippen LogP contribution in [0.15, 0.2) is 84.1 Å². The van der Waals surface area contributed by atoms with Crippen molar-refractivity contribution in [3.63, 3.8) is 0 Å². The Kier molecular flexibility index (Phi) is 6.22. The zero-order chi connectivity index (χ0) is 24.2. The molecule has 0 atom stereocenters. The summed E-state index contributed by atoms with van der Waals surface area (Å²) in [5.41, 5.74) is 17.2. The van der Waals surface area contributed by atoms with Gasteiger partial charge in [0.2, 0.25) is 5.91 Å². The van der Waals surface area contributed by atoms with Crippen molar-refractivity contribution >= 4 is 34.3 Å². The molecule has 35 heavy (non-hydrogen) atoms. The summed E-state index contributed by atoms with van der Waals surface area (Å²) in [5.74, 6) is 0.168. The van der Waals surface area contributed by atoms with Crippen molar-refractivity contribution < 1.29 is 9.53 Å². The Morgan fingerprint density at radius 2 is 1.74 bits per heavy atom. The van der Waals surface area contributed by atoms with Crippen LogP contribution in [0.25, 0.3) is 22.2 Å². The molecule has 0 aliphatic heterocycles. The van der Waals surface area contributed by atoms with Crippen LogP contribution in [0.4, 0.5) is 0 Å². The lowest BCUT2D eigenvalue weighted by atomic mass is 10.0. The first-order valence-corrected chi connectivity index (χ1v) is 11.4. The molecule has 2 aromatic carbocycles. The molecule has 2 heterocycles. The number of aliphatic imine (C=N–C) groups is 1. The summed E-state index contributed by atoms with van der Waals surface area (Å²) in [5, 5.41) is 0.727. The Labute approximate surface area is 203 Å². The van der Waals surface area contributed by atoms with Gasteiger partial charge in [0.25, 0.3) is 0 Å². The highest BCUT2D eigenvalue weighted by Crippen LogP contribution is 2.27. The highest BCUT2D eigenvalue weighted by Gasteiger charge is 2.19. The Bertz CT molecular complexity index is 1430. The minimum Gasteiger partial charge on any atom is -0.487 e. The number of allylic oxidation sites excluding steroid dienone is 1. The molecule has 5 rings (SSSR count). The molecule has 1 saturated carbocycles. The van der Waals surface area contributed by atoms with Gasteiger partial charge in [-0.05, 0) is 72.5 Å². The number of pyridine rings is 2. The predicted molar refractivity (Wildman–Crippen MR) is 138 cm³/mol. The number of rotatable bonds is 8. The van der Waals surface area contributed by atoms with Crippen molar-refractivity contribution in [1.29, 1.82) is 0 Å². The van der Waals surface area contributed by atoms with Crippen LogP contribution in [0.5, 0.6) is 5.75 Å². The predicted octanol–water partition coefficient (Wildman–Crippen LogP) is 4.37. The molecule has 1 amide bonds. The van der Waals surface area contributed by atoms with Crippen molar-refractivity contribution in [1.82, 2.24) is 9.97 Å². The second-order valence-corrected chi connectivity index (χ2v) is 8.43. The Morgan fingerprint density at radius 3 is 2.46 bits per heavy atom. The lowest BCUT2D eigenvalue weighted by Gasteiger charge is -2.11. The van der Waals surface area contributed by atoms with E-state index in [0.717, 1.165) is 34.9 Å². The van der Waals surface area contributed by atoms with Crippen LogP contribution in [0.3, 0.4) is 0 Å². The van der Waals surface area contributed by atoms with Crippen LogP contribution in [0.2, 0.25) is 0 Å². The van der Waals surface area contributed by atoms with Gasteiger partial charge in [0, 0.05) is 35.3 Å². The first-order chi connectivity index (χ1) is 17.1. The fourth-order valence-electron chi connectivity index (χ4n) is 3.79. The van der Waals surface area contributed by atoms with Gasteiger partial charge in [-0.2, -0.15) is 0 Å². The van der Waals surface area contributed by atoms with E-state index in [-0.39, 0.29) is 6.61 Å². The third-order valence-electron chi connectivity index (χ3n) is 5.83. The largest absolute Gasteiger partial charge is 0.487 e. The third kappa shape index (κ3) is 5.19. The van der Waals surface area contributed by atoms with Crippen molar-refractivity contribution in [2.45, 2.75) is 25.5 Å². The standard InChI is InChI=1S/C28H25N5O2/c29-27(25(16-32-20-7-8-20)18-11-13-31-14-12-18)19-5-9-22(10-6-19)35-17-21-15-24(28(30)34)23-3-1-2-4-26(23)33-21/h1-6,9-16,20H,7-8,17,29H2,(H2,30,34)/b27-25+,32-16?. The lowest BCUT2D eigenvalue weighted by molar-refractivity contribution is 0.100. The molecule has 174 valence electrons. The van der Waals surface area contributed by atoms with Gasteiger partial charge >= 0.3 is 0 Å². The van der Waals surface area contributed by atoms with Gasteiger partial charge in [-0.15, -0.1) is 0 Å². The second kappa shape index (κ2) is 9.77. The zero-order valence-electron chi connectivity index (χ0n) is 19.1. The van der Waals surface area contributed by atoms with Crippen LogP contribution in [0.1, 0.15) is 40.0 Å². The fourth-order valence-corrected chi connectivity index (χ4v) is 3.79. The molecule has 1 aliphatic rings. The summed E-state index contributed by atoms with van der Waals surface area (Å²) in [4.78, 5) is 25.2. The van der Waals surface area contributed by atoms with Crippen LogP contribution >= 0.6 is 0 Å². The fraction of sp³-hybridized carbons (Fsp3) is 0.143. The molecule has 1 fully saturated rings. The number of aromatic nitrogens is 2. The lowest BCUT2D eigenvalue weighted by Crippen LogP contribution is -2.13. The number of carbonyl (C=O) groups excluding carboxylic acids is 1. The minimum absolute atomic E-state index is 0.200. The van der Waals surface area contributed by atoms with E-state index in [1.54, 1.807) is 18.5 Å². The van der Waals surface area contributed by atoms with Crippen molar-refractivity contribution in [2.24, 2.45) is 16.5 Å². The molecular formula is C28H25N5O2. The Hall–Kier alpha value is -4.52. The van der Waals surface area contributed by atoms with Gasteiger partial charge in [-0.3, -0.25) is 14.8 Å². The smallest absolute Gasteiger partial charge is 0.249 e. The van der Waals surface area contributed by atoms with Gasteiger partial charge in [-0.25, -0.2) is 4.98 Å². The quantitative estimate of drug-likeness (QED) is 0.377. The Morgan fingerprint density at radius 1 is 1.00 bits per heavy atom. The van der Waals surface area contributed by atoms with Gasteiger partial charge in [0.15, 0.2) is 0 Å². The molecule has 4 N–H and O–H groups in total. The topological polar surface area (TPSA) is 116 Å². The van der Waals surface area contributed by atoms with Crippen LogP contribution < -0.4 is 16.2 Å². The van der Waals surface area contributed by atoms with E-state index in [9.17, 15) is 4.79 Å². The molecule has 4 aromatic rings. The number of carbonyl (C=O) groups is 1. The summed E-state index contributed by atoms with van der Waals surface area (Å²) in [7, 11) is 0. The van der Waals surface area contributed by atoms with Crippen molar-refractivity contribution in [3.8, 4) is 5.75 Å². The van der Waals surface area contributed by atoms with Crippen LogP contribution in [-0.4, -0.2) is 28.1 Å². The van der Waals surface area contributed by atoms with Crippen LogP contribution in [-0.2, 0) is 6.61 Å². The normalized spacial score (nSPS) is 14.2. The van der Waals surface area contributed by atoms with Crippen LogP contribution in [0, 0.1) is 0 Å². The number of primary amides is 1. The molecular weight excluding hydrogens is 438 g/mol. The number of hydrogen-bond donors (Lipinski definition) is 2. The highest BCUT2D eigenvalue weighted by atomic mass is 16.5. The molecule has 0 saturated heterocycles. The summed E-state index contributed by atoms with van der Waals surface area (Å²) in [6, 6.07) is 20.9. The molecule has 0 radical (unpaired) electrons. The van der Waals surface area contributed by atoms with Crippen molar-refractivity contribution in [3.05, 3.63) is 102 Å². The SMILES string of the molecule is NC(=O)c1cc(COc2ccc(/C(N)=C(/C=NC3CC3)c3ccncc3)cc2)nc2ccccc12. The molecule has 0 unspecified atom stereocenters. The van der Waals surface area contributed by atoms with E-state index in [1.807, 2.05) is 66.9 Å². The van der Waals surface area contributed by atoms with Gasteiger partial charge in [-0.1, -0.05) is 18.2 Å². The summed E-state index contributed by atoms with van der Waals surface area (Å²) < 4.78 is 5.94. The molecule has 7 heteroatoms.